The molecule has 0 aliphatic carbocycles. The molecule has 0 atom stereocenters. The summed E-state index contributed by atoms with van der Waals surface area (Å²) in [6, 6.07) is 10.00. The van der Waals surface area contributed by atoms with Crippen LogP contribution in [0.25, 0.3) is 11.0 Å². The first kappa shape index (κ1) is 22.3. The van der Waals surface area contributed by atoms with Crippen LogP contribution in [0.4, 0.5) is 5.69 Å². The number of benzene rings is 1. The third-order valence-electron chi connectivity index (χ3n) is 5.63. The second-order valence-corrected chi connectivity index (χ2v) is 9.18. The number of nitrogens with zero attached hydrogens (tertiary/aromatic N) is 4. The average Bonchev–Trinajstić information content (AvgIpc) is 2.78. The smallest absolute Gasteiger partial charge is 0.267 e. The van der Waals surface area contributed by atoms with Gasteiger partial charge in [0.15, 0.2) is 5.84 Å². The summed E-state index contributed by atoms with van der Waals surface area (Å²) in [7, 11) is -3.53. The highest BCUT2D eigenvalue weighted by Gasteiger charge is 2.30. The summed E-state index contributed by atoms with van der Waals surface area (Å²) >= 11 is 0. The molecule has 0 bridgehead atoms. The van der Waals surface area contributed by atoms with E-state index in [9.17, 15) is 19.0 Å². The van der Waals surface area contributed by atoms with Crippen LogP contribution >= 0.6 is 10.8 Å². The molecule has 1 aliphatic heterocycles. The Labute approximate surface area is 187 Å². The van der Waals surface area contributed by atoms with Crippen LogP contribution in [0, 0.1) is 0 Å². The Bertz CT molecular complexity index is 1240. The summed E-state index contributed by atoms with van der Waals surface area (Å²) in [5.74, 6) is -0.367. The van der Waals surface area contributed by atoms with E-state index in [0.717, 1.165) is 26.1 Å². The van der Waals surface area contributed by atoms with Gasteiger partial charge in [0, 0.05) is 12.7 Å². The van der Waals surface area contributed by atoms with E-state index in [-0.39, 0.29) is 22.0 Å². The lowest BCUT2D eigenvalue weighted by Gasteiger charge is -2.34. The lowest BCUT2D eigenvalue weighted by Crippen LogP contribution is -2.33. The average molecular weight is 458 g/mol. The van der Waals surface area contributed by atoms with Gasteiger partial charge < -0.3 is 15.3 Å². The van der Waals surface area contributed by atoms with Crippen molar-refractivity contribution >= 4 is 33.3 Å². The van der Waals surface area contributed by atoms with Gasteiger partial charge in [0.05, 0.1) is 11.1 Å². The van der Waals surface area contributed by atoms with Crippen LogP contribution in [0.3, 0.4) is 0 Å². The van der Waals surface area contributed by atoms with E-state index in [1.54, 1.807) is 42.6 Å². The molecule has 0 saturated carbocycles. The van der Waals surface area contributed by atoms with E-state index in [0.29, 0.717) is 23.3 Å². The van der Waals surface area contributed by atoms with Crippen LogP contribution < -0.4 is 10.9 Å². The fraction of sp³-hybridized carbons (Fsp3) is 0.318. The van der Waals surface area contributed by atoms with E-state index >= 15 is 0 Å². The number of para-hydroxylation sites is 1. The largest absolute Gasteiger partial charge is 0.506 e. The molecular weight excluding hydrogens is 430 g/mol. The van der Waals surface area contributed by atoms with Crippen LogP contribution in [0.2, 0.25) is 0 Å². The summed E-state index contributed by atoms with van der Waals surface area (Å²) in [4.78, 5) is 20.3. The molecule has 170 valence electrons. The zero-order chi connectivity index (χ0) is 22.9. The number of hydrogen-bond donors (Lipinski definition) is 4. The first-order valence-electron chi connectivity index (χ1n) is 10.5. The molecule has 3 aromatic rings. The summed E-state index contributed by atoms with van der Waals surface area (Å²) in [6.45, 7) is 7.24. The third-order valence-corrected chi connectivity index (χ3v) is 7.02. The molecule has 0 spiro atoms. The minimum Gasteiger partial charge on any atom is -0.506 e. The Hall–Kier alpha value is -2.92. The van der Waals surface area contributed by atoms with Gasteiger partial charge >= 0.3 is 0 Å². The summed E-state index contributed by atoms with van der Waals surface area (Å²) in [5, 5.41) is 14.4. The van der Waals surface area contributed by atoms with Crippen LogP contribution in [0.5, 0.6) is 5.75 Å². The van der Waals surface area contributed by atoms with E-state index in [4.69, 9.17) is 0 Å². The van der Waals surface area contributed by atoms with Gasteiger partial charge in [0.1, 0.15) is 21.9 Å². The molecule has 9 nitrogen and oxygen atoms in total. The number of hydrogen-bond acceptors (Lipinski definition) is 8. The molecule has 4 rings (SSSR count). The molecular formula is C22H27N5O4S. The van der Waals surface area contributed by atoms with E-state index < -0.39 is 16.3 Å². The third kappa shape index (κ3) is 3.97. The zero-order valence-corrected chi connectivity index (χ0v) is 18.8. The van der Waals surface area contributed by atoms with Crippen LogP contribution in [0.1, 0.15) is 25.8 Å². The van der Waals surface area contributed by atoms with E-state index in [1.807, 2.05) is 0 Å². The minimum absolute atomic E-state index is 0.0746. The number of aromatic nitrogens is 2. The molecule has 2 aromatic heterocycles. The number of nitrogens with one attached hydrogen (secondary N) is 1. The fourth-order valence-corrected chi connectivity index (χ4v) is 5.09. The van der Waals surface area contributed by atoms with Crippen molar-refractivity contribution in [2.75, 3.05) is 25.0 Å². The molecule has 10 heteroatoms. The predicted octanol–water partition coefficient (Wildman–Crippen LogP) is 3.73. The van der Waals surface area contributed by atoms with Gasteiger partial charge in [0.2, 0.25) is 0 Å². The van der Waals surface area contributed by atoms with Gasteiger partial charge in [0.25, 0.3) is 5.56 Å². The summed E-state index contributed by atoms with van der Waals surface area (Å²) in [6.07, 6.45) is 2.29. The highest BCUT2D eigenvalue weighted by atomic mass is 32.3. The highest BCUT2D eigenvalue weighted by molar-refractivity contribution is 8.23. The lowest BCUT2D eigenvalue weighted by atomic mass is 10.1. The Morgan fingerprint density at radius 2 is 1.88 bits per heavy atom. The first-order valence-corrected chi connectivity index (χ1v) is 12.0. The number of pyridine rings is 2. The minimum atomic E-state index is -3.53. The van der Waals surface area contributed by atoms with E-state index in [2.05, 4.69) is 33.4 Å². The molecule has 32 heavy (non-hydrogen) atoms. The zero-order valence-electron chi connectivity index (χ0n) is 18.0. The Morgan fingerprint density at radius 1 is 1.12 bits per heavy atom. The monoisotopic (exact) mass is 457 g/mol. The second kappa shape index (κ2) is 8.91. The van der Waals surface area contributed by atoms with Crippen molar-refractivity contribution in [3.63, 3.8) is 0 Å². The Balaban J connectivity index is 1.83. The van der Waals surface area contributed by atoms with Crippen molar-refractivity contribution in [2.24, 2.45) is 4.40 Å². The van der Waals surface area contributed by atoms with Gasteiger partial charge in [-0.15, -0.1) is 4.40 Å². The van der Waals surface area contributed by atoms with Gasteiger partial charge in [-0.25, -0.2) is 4.98 Å². The van der Waals surface area contributed by atoms with Crippen molar-refractivity contribution in [1.82, 2.24) is 14.5 Å². The maximum Gasteiger partial charge on any atom is 0.267 e. The molecule has 0 saturated heterocycles. The van der Waals surface area contributed by atoms with Crippen LogP contribution in [0.15, 0.2) is 56.7 Å². The Morgan fingerprint density at radius 3 is 2.62 bits per heavy atom. The highest BCUT2D eigenvalue weighted by Crippen LogP contribution is 2.55. The van der Waals surface area contributed by atoms with Crippen molar-refractivity contribution in [3.8, 4) is 5.75 Å². The second-order valence-electron chi connectivity index (χ2n) is 7.52. The summed E-state index contributed by atoms with van der Waals surface area (Å²) in [5.41, 5.74) is 0.203. The van der Waals surface area contributed by atoms with Gasteiger partial charge in [-0.1, -0.05) is 36.8 Å². The van der Waals surface area contributed by atoms with Crippen molar-refractivity contribution in [1.29, 1.82) is 0 Å². The maximum atomic E-state index is 13.5. The number of amidine groups is 1. The standard InChI is InChI=1S/C22H27N5O4S/c1-3-26(4-2)13-8-14-27-21-15(9-7-12-23-21)19(28)18(22(27)29)20-24-16-10-5-6-11-17(16)32(30,31)25-20/h5-7,9-12,28,30-31H,3-4,8,13-14H2,1-2H3,(H,24,25). The molecule has 1 aromatic carbocycles. The van der Waals surface area contributed by atoms with Crippen molar-refractivity contribution in [2.45, 2.75) is 31.7 Å². The SMILES string of the molecule is CCN(CC)CCCn1c(=O)c(C2=NS(O)(O)c3ccccc3N2)c(O)c2cccnc21. The molecule has 3 heterocycles. The molecule has 0 amide bonds. The number of aromatic hydroxyl groups is 1. The molecule has 1 aliphatic rings. The normalized spacial score (nSPS) is 15.8. The number of rotatable bonds is 7. The molecule has 0 fully saturated rings. The number of fused-ring (bicyclic) bond motifs is 2. The van der Waals surface area contributed by atoms with Crippen LogP contribution in [-0.2, 0) is 6.54 Å². The lowest BCUT2D eigenvalue weighted by molar-refractivity contribution is 0.293. The molecule has 0 radical (unpaired) electrons. The quantitative estimate of drug-likeness (QED) is 0.426. The molecule has 4 N–H and O–H groups in total. The maximum absolute atomic E-state index is 13.5. The molecule has 0 unspecified atom stereocenters. The summed E-state index contributed by atoms with van der Waals surface area (Å²) < 4.78 is 26.7. The Kier molecular flexibility index (Phi) is 6.20. The number of anilines is 1. The van der Waals surface area contributed by atoms with Gasteiger partial charge in [-0.2, -0.15) is 0 Å². The van der Waals surface area contributed by atoms with Gasteiger partial charge in [-0.05, 0) is 50.3 Å². The first-order chi connectivity index (χ1) is 15.4. The topological polar surface area (TPSA) is 123 Å². The van der Waals surface area contributed by atoms with Crippen molar-refractivity contribution < 1.29 is 14.2 Å². The van der Waals surface area contributed by atoms with Gasteiger partial charge in [-0.3, -0.25) is 18.5 Å². The van der Waals surface area contributed by atoms with Crippen LogP contribution in [-0.4, -0.2) is 54.1 Å². The number of aryl methyl sites for hydroxylation is 1. The fourth-order valence-electron chi connectivity index (χ4n) is 3.92. The van der Waals surface area contributed by atoms with Crippen molar-refractivity contribution in [3.05, 3.63) is 58.5 Å². The van der Waals surface area contributed by atoms with E-state index in [1.165, 1.54) is 4.57 Å². The predicted molar refractivity (Wildman–Crippen MR) is 128 cm³/mol.